The SMILES string of the molecule is NCC(CC1CCCCC1)Nc1ccc(F)c(Br)c1. The van der Waals surface area contributed by atoms with Crippen LogP contribution in [-0.4, -0.2) is 12.6 Å². The maximum absolute atomic E-state index is 13.2. The quantitative estimate of drug-likeness (QED) is 0.845. The monoisotopic (exact) mass is 328 g/mol. The Kier molecular flexibility index (Phi) is 5.64. The van der Waals surface area contributed by atoms with E-state index in [4.69, 9.17) is 5.73 Å². The molecule has 1 aromatic rings. The minimum atomic E-state index is -0.234. The Morgan fingerprint density at radius 2 is 2.05 bits per heavy atom. The van der Waals surface area contributed by atoms with Gasteiger partial charge >= 0.3 is 0 Å². The third-order valence-corrected chi connectivity index (χ3v) is 4.53. The molecule has 1 fully saturated rings. The molecule has 1 saturated carbocycles. The molecule has 0 saturated heterocycles. The van der Waals surface area contributed by atoms with Crippen LogP contribution in [-0.2, 0) is 0 Å². The topological polar surface area (TPSA) is 38.0 Å². The average Bonchev–Trinajstić information content (AvgIpc) is 2.43. The smallest absolute Gasteiger partial charge is 0.137 e. The van der Waals surface area contributed by atoms with Crippen LogP contribution < -0.4 is 11.1 Å². The summed E-state index contributed by atoms with van der Waals surface area (Å²) in [6.45, 7) is 0.617. The fourth-order valence-electron chi connectivity index (χ4n) is 2.86. The summed E-state index contributed by atoms with van der Waals surface area (Å²) < 4.78 is 13.7. The Morgan fingerprint density at radius 1 is 1.32 bits per heavy atom. The molecule has 1 aromatic carbocycles. The molecule has 106 valence electrons. The molecule has 1 aliphatic rings. The summed E-state index contributed by atoms with van der Waals surface area (Å²) in [7, 11) is 0. The molecule has 0 aliphatic heterocycles. The van der Waals surface area contributed by atoms with Crippen LogP contribution in [0.15, 0.2) is 22.7 Å². The maximum Gasteiger partial charge on any atom is 0.137 e. The van der Waals surface area contributed by atoms with Crippen LogP contribution in [0.4, 0.5) is 10.1 Å². The van der Waals surface area contributed by atoms with Crippen molar-refractivity contribution in [3.63, 3.8) is 0 Å². The highest BCUT2D eigenvalue weighted by Gasteiger charge is 2.18. The molecular formula is C15H22BrFN2. The van der Waals surface area contributed by atoms with E-state index < -0.39 is 0 Å². The second kappa shape index (κ2) is 7.25. The lowest BCUT2D eigenvalue weighted by Crippen LogP contribution is -2.31. The van der Waals surface area contributed by atoms with Crippen LogP contribution in [0.25, 0.3) is 0 Å². The van der Waals surface area contributed by atoms with Crippen molar-refractivity contribution in [2.45, 2.75) is 44.6 Å². The minimum Gasteiger partial charge on any atom is -0.381 e. The summed E-state index contributed by atoms with van der Waals surface area (Å²) in [5, 5.41) is 3.42. The van der Waals surface area contributed by atoms with E-state index >= 15 is 0 Å². The summed E-state index contributed by atoms with van der Waals surface area (Å²) in [5.41, 5.74) is 6.79. The van der Waals surface area contributed by atoms with Crippen molar-refractivity contribution in [2.75, 3.05) is 11.9 Å². The van der Waals surface area contributed by atoms with Crippen molar-refractivity contribution in [1.29, 1.82) is 0 Å². The average molecular weight is 329 g/mol. The molecule has 4 heteroatoms. The van der Waals surface area contributed by atoms with Crippen LogP contribution >= 0.6 is 15.9 Å². The van der Waals surface area contributed by atoms with Gasteiger partial charge in [0.05, 0.1) is 4.47 Å². The first-order chi connectivity index (χ1) is 9.19. The summed E-state index contributed by atoms with van der Waals surface area (Å²) in [4.78, 5) is 0. The number of anilines is 1. The zero-order valence-corrected chi connectivity index (χ0v) is 12.8. The van der Waals surface area contributed by atoms with Gasteiger partial charge in [0, 0.05) is 18.3 Å². The largest absolute Gasteiger partial charge is 0.381 e. The van der Waals surface area contributed by atoms with Crippen LogP contribution in [0.3, 0.4) is 0 Å². The molecule has 19 heavy (non-hydrogen) atoms. The molecule has 0 amide bonds. The molecular weight excluding hydrogens is 307 g/mol. The molecule has 1 atom stereocenters. The molecule has 0 aromatic heterocycles. The summed E-state index contributed by atoms with van der Waals surface area (Å²) in [6.07, 6.45) is 7.85. The predicted molar refractivity (Wildman–Crippen MR) is 81.8 cm³/mol. The van der Waals surface area contributed by atoms with Crippen molar-refractivity contribution >= 4 is 21.6 Å². The van der Waals surface area contributed by atoms with E-state index in [1.165, 1.54) is 38.2 Å². The van der Waals surface area contributed by atoms with Gasteiger partial charge in [0.1, 0.15) is 5.82 Å². The van der Waals surface area contributed by atoms with E-state index in [1.54, 1.807) is 12.1 Å². The number of hydrogen-bond donors (Lipinski definition) is 2. The second-order valence-electron chi connectivity index (χ2n) is 5.45. The van der Waals surface area contributed by atoms with Crippen molar-refractivity contribution in [2.24, 2.45) is 11.7 Å². The zero-order valence-electron chi connectivity index (χ0n) is 11.2. The van der Waals surface area contributed by atoms with Gasteiger partial charge in [0.15, 0.2) is 0 Å². The first-order valence-electron chi connectivity index (χ1n) is 7.10. The highest BCUT2D eigenvalue weighted by molar-refractivity contribution is 9.10. The molecule has 3 N–H and O–H groups in total. The van der Waals surface area contributed by atoms with E-state index in [1.807, 2.05) is 0 Å². The third kappa shape index (κ3) is 4.46. The lowest BCUT2D eigenvalue weighted by atomic mass is 9.85. The molecule has 2 rings (SSSR count). The molecule has 1 unspecified atom stereocenters. The fourth-order valence-corrected chi connectivity index (χ4v) is 3.24. The lowest BCUT2D eigenvalue weighted by Gasteiger charge is -2.27. The number of nitrogens with one attached hydrogen (secondary N) is 1. The Balaban J connectivity index is 1.92. The fraction of sp³-hybridized carbons (Fsp3) is 0.600. The minimum absolute atomic E-state index is 0.234. The Bertz CT molecular complexity index is 405. The summed E-state index contributed by atoms with van der Waals surface area (Å²) in [6, 6.07) is 5.30. The highest BCUT2D eigenvalue weighted by atomic mass is 79.9. The highest BCUT2D eigenvalue weighted by Crippen LogP contribution is 2.28. The Labute approximate surface area is 123 Å². The van der Waals surface area contributed by atoms with Gasteiger partial charge in [-0.1, -0.05) is 32.1 Å². The molecule has 0 radical (unpaired) electrons. The van der Waals surface area contributed by atoms with Crippen LogP contribution in [0.2, 0.25) is 0 Å². The molecule has 0 heterocycles. The van der Waals surface area contributed by atoms with Crippen LogP contribution in [0.1, 0.15) is 38.5 Å². The van der Waals surface area contributed by atoms with Crippen molar-refractivity contribution in [3.05, 3.63) is 28.5 Å². The van der Waals surface area contributed by atoms with E-state index in [0.29, 0.717) is 11.0 Å². The van der Waals surface area contributed by atoms with Crippen LogP contribution in [0.5, 0.6) is 0 Å². The molecule has 0 spiro atoms. The first kappa shape index (κ1) is 14.8. The van der Waals surface area contributed by atoms with E-state index in [2.05, 4.69) is 21.2 Å². The second-order valence-corrected chi connectivity index (χ2v) is 6.30. The third-order valence-electron chi connectivity index (χ3n) is 3.92. The van der Waals surface area contributed by atoms with Gasteiger partial charge in [-0.3, -0.25) is 0 Å². The number of hydrogen-bond acceptors (Lipinski definition) is 2. The Morgan fingerprint density at radius 3 is 2.68 bits per heavy atom. The van der Waals surface area contributed by atoms with Gasteiger partial charge in [-0.25, -0.2) is 4.39 Å². The van der Waals surface area contributed by atoms with Crippen LogP contribution in [0, 0.1) is 11.7 Å². The predicted octanol–water partition coefficient (Wildman–Crippen LogP) is 4.30. The number of rotatable bonds is 5. The molecule has 1 aliphatic carbocycles. The zero-order chi connectivity index (χ0) is 13.7. The van der Waals surface area contributed by atoms with Gasteiger partial charge in [-0.2, -0.15) is 0 Å². The van der Waals surface area contributed by atoms with Gasteiger partial charge < -0.3 is 11.1 Å². The standard InChI is InChI=1S/C15H22BrFN2/c16-14-9-12(6-7-15(14)17)19-13(10-18)8-11-4-2-1-3-5-11/h6-7,9,11,13,19H,1-5,8,10,18H2. The van der Waals surface area contributed by atoms with Gasteiger partial charge in [-0.05, 0) is 46.5 Å². The molecule has 0 bridgehead atoms. The van der Waals surface area contributed by atoms with Gasteiger partial charge in [0.25, 0.3) is 0 Å². The van der Waals surface area contributed by atoms with Crippen molar-refractivity contribution in [1.82, 2.24) is 0 Å². The van der Waals surface area contributed by atoms with E-state index in [9.17, 15) is 4.39 Å². The first-order valence-corrected chi connectivity index (χ1v) is 7.90. The van der Waals surface area contributed by atoms with Gasteiger partial charge in [-0.15, -0.1) is 0 Å². The lowest BCUT2D eigenvalue weighted by molar-refractivity contribution is 0.324. The number of nitrogens with two attached hydrogens (primary N) is 1. The normalized spacial score (nSPS) is 18.3. The number of halogens is 2. The summed E-state index contributed by atoms with van der Waals surface area (Å²) in [5.74, 6) is 0.556. The van der Waals surface area contributed by atoms with Crippen molar-refractivity contribution < 1.29 is 4.39 Å². The van der Waals surface area contributed by atoms with Crippen molar-refractivity contribution in [3.8, 4) is 0 Å². The maximum atomic E-state index is 13.2. The van der Waals surface area contributed by atoms with E-state index in [-0.39, 0.29) is 11.9 Å². The molecule has 2 nitrogen and oxygen atoms in total. The summed E-state index contributed by atoms with van der Waals surface area (Å²) >= 11 is 3.21. The number of benzene rings is 1. The van der Waals surface area contributed by atoms with E-state index in [0.717, 1.165) is 18.0 Å². The van der Waals surface area contributed by atoms with Gasteiger partial charge in [0.2, 0.25) is 0 Å². The Hall–Kier alpha value is -0.610.